The molecule has 2 amide bonds. The molecule has 1 saturated heterocycles. The van der Waals surface area contributed by atoms with Crippen LogP contribution in [0.2, 0.25) is 0 Å². The molecule has 6 heteroatoms. The van der Waals surface area contributed by atoms with Crippen LogP contribution in [0.25, 0.3) is 6.08 Å². The van der Waals surface area contributed by atoms with E-state index in [2.05, 4.69) is 18.1 Å². The van der Waals surface area contributed by atoms with Gasteiger partial charge < -0.3 is 9.47 Å². The molecule has 0 bridgehead atoms. The van der Waals surface area contributed by atoms with E-state index in [1.54, 1.807) is 49.6 Å². The van der Waals surface area contributed by atoms with Crippen molar-refractivity contribution in [3.05, 3.63) is 107 Å². The molecule has 6 nitrogen and oxygen atoms in total. The number of ether oxygens (including phenoxy) is 2. The summed E-state index contributed by atoms with van der Waals surface area (Å²) in [4.78, 5) is 25.5. The molecule has 34 heavy (non-hydrogen) atoms. The minimum absolute atomic E-state index is 0.0453. The van der Waals surface area contributed by atoms with Crippen LogP contribution in [0.1, 0.15) is 22.3 Å². The quantitative estimate of drug-likeness (QED) is 0.302. The van der Waals surface area contributed by atoms with Gasteiger partial charge >= 0.3 is 0 Å². The number of allylic oxidation sites excluding steroid dienone is 1. The maximum atomic E-state index is 12.9. The Morgan fingerprint density at radius 3 is 2.53 bits per heavy atom. The van der Waals surface area contributed by atoms with Crippen molar-refractivity contribution in [2.24, 2.45) is 0 Å². The molecule has 172 valence electrons. The number of amides is 2. The van der Waals surface area contributed by atoms with E-state index in [1.807, 2.05) is 37.3 Å². The zero-order valence-electron chi connectivity index (χ0n) is 19.2. The van der Waals surface area contributed by atoms with E-state index in [9.17, 15) is 9.59 Å². The summed E-state index contributed by atoms with van der Waals surface area (Å²) in [6, 6.07) is 20.7. The molecule has 0 spiro atoms. The number of anilines is 1. The van der Waals surface area contributed by atoms with Crippen LogP contribution in [0.15, 0.2) is 85.0 Å². The highest BCUT2D eigenvalue weighted by Gasteiger charge is 2.34. The van der Waals surface area contributed by atoms with Crippen LogP contribution in [0.5, 0.6) is 11.5 Å². The van der Waals surface area contributed by atoms with Gasteiger partial charge in [-0.3, -0.25) is 15.0 Å². The summed E-state index contributed by atoms with van der Waals surface area (Å²) in [7, 11) is 1.56. The fourth-order valence-corrected chi connectivity index (χ4v) is 3.83. The number of para-hydroxylation sites is 1. The number of hydrogen-bond donors (Lipinski definition) is 1. The molecular formula is C28H26N2O4. The fourth-order valence-electron chi connectivity index (χ4n) is 3.83. The Kier molecular flexibility index (Phi) is 6.78. The third-order valence-electron chi connectivity index (χ3n) is 5.42. The highest BCUT2D eigenvalue weighted by atomic mass is 16.5. The van der Waals surface area contributed by atoms with Crippen molar-refractivity contribution in [2.75, 3.05) is 12.1 Å². The van der Waals surface area contributed by atoms with Crippen molar-refractivity contribution >= 4 is 23.6 Å². The molecule has 1 N–H and O–H groups in total. The molecule has 0 aromatic heterocycles. The van der Waals surface area contributed by atoms with Gasteiger partial charge in [0.1, 0.15) is 12.2 Å². The Bertz CT molecular complexity index is 1260. The first-order valence-electron chi connectivity index (χ1n) is 10.9. The molecule has 0 aliphatic carbocycles. The topological polar surface area (TPSA) is 67.9 Å². The number of aryl methyl sites for hydroxylation is 1. The van der Waals surface area contributed by atoms with Crippen LogP contribution in [0, 0.1) is 6.92 Å². The van der Waals surface area contributed by atoms with E-state index < -0.39 is 11.8 Å². The molecule has 0 unspecified atom stereocenters. The standard InChI is InChI=1S/C28H26N2O4/c1-4-9-22-15-21(16-24-27(31)29-30(28(24)32)23-12-6-5-7-13-23)17-25(33-3)26(22)34-18-20-11-8-10-19(2)14-20/h4-8,10-17H,1,9,18H2,2-3H3,(H,29,31)/b24-16-. The number of hydrazine groups is 1. The summed E-state index contributed by atoms with van der Waals surface area (Å²) in [5.74, 6) is 0.252. The number of nitrogens with one attached hydrogen (secondary N) is 1. The maximum absolute atomic E-state index is 12.9. The fraction of sp³-hybridized carbons (Fsp3) is 0.143. The van der Waals surface area contributed by atoms with E-state index in [-0.39, 0.29) is 5.57 Å². The normalized spacial score (nSPS) is 14.3. The number of rotatable bonds is 8. The number of carbonyl (C=O) groups is 2. The number of hydrogen-bond acceptors (Lipinski definition) is 4. The van der Waals surface area contributed by atoms with Gasteiger partial charge in [0, 0.05) is 5.56 Å². The van der Waals surface area contributed by atoms with E-state index in [0.29, 0.717) is 35.8 Å². The van der Waals surface area contributed by atoms with Crippen LogP contribution in [0.3, 0.4) is 0 Å². The number of nitrogens with zero attached hydrogens (tertiary/aromatic N) is 1. The zero-order chi connectivity index (χ0) is 24.1. The first-order chi connectivity index (χ1) is 16.5. The summed E-state index contributed by atoms with van der Waals surface area (Å²) in [6.45, 7) is 6.27. The van der Waals surface area contributed by atoms with Gasteiger partial charge in [-0.2, -0.15) is 0 Å². The lowest BCUT2D eigenvalue weighted by Gasteiger charge is -2.16. The molecule has 4 rings (SSSR count). The monoisotopic (exact) mass is 454 g/mol. The molecule has 0 radical (unpaired) electrons. The number of benzene rings is 3. The second-order valence-corrected chi connectivity index (χ2v) is 7.96. The first kappa shape index (κ1) is 22.9. The molecule has 0 saturated carbocycles. The minimum Gasteiger partial charge on any atom is -0.493 e. The predicted octanol–water partition coefficient (Wildman–Crippen LogP) is 4.77. The molecule has 1 fully saturated rings. The van der Waals surface area contributed by atoms with E-state index in [1.165, 1.54) is 5.01 Å². The molecule has 1 heterocycles. The zero-order valence-corrected chi connectivity index (χ0v) is 19.2. The van der Waals surface area contributed by atoms with Crippen LogP contribution < -0.4 is 19.9 Å². The van der Waals surface area contributed by atoms with Gasteiger partial charge in [0.05, 0.1) is 12.8 Å². The van der Waals surface area contributed by atoms with Crippen molar-refractivity contribution in [3.63, 3.8) is 0 Å². The predicted molar refractivity (Wildman–Crippen MR) is 132 cm³/mol. The van der Waals surface area contributed by atoms with Gasteiger partial charge in [0.2, 0.25) is 0 Å². The Balaban J connectivity index is 1.65. The van der Waals surface area contributed by atoms with Crippen molar-refractivity contribution in [1.29, 1.82) is 0 Å². The molecule has 1 aliphatic heterocycles. The summed E-state index contributed by atoms with van der Waals surface area (Å²) in [5, 5.41) is 1.25. The van der Waals surface area contributed by atoms with Gasteiger partial charge in [0.15, 0.2) is 11.5 Å². The van der Waals surface area contributed by atoms with Crippen molar-refractivity contribution < 1.29 is 19.1 Å². The van der Waals surface area contributed by atoms with E-state index in [0.717, 1.165) is 16.7 Å². The van der Waals surface area contributed by atoms with Crippen LogP contribution in [-0.2, 0) is 22.6 Å². The Morgan fingerprint density at radius 1 is 1.03 bits per heavy atom. The maximum Gasteiger partial charge on any atom is 0.282 e. The summed E-state index contributed by atoms with van der Waals surface area (Å²) >= 11 is 0. The Morgan fingerprint density at radius 2 is 1.82 bits per heavy atom. The number of methoxy groups -OCH3 is 1. The minimum atomic E-state index is -0.460. The summed E-state index contributed by atoms with van der Waals surface area (Å²) < 4.78 is 11.8. The number of carbonyl (C=O) groups excluding carboxylic acids is 2. The SMILES string of the molecule is C=CCc1cc(/C=C2/C(=O)NN(c3ccccc3)C2=O)cc(OC)c1OCc1cccc(C)c1. The van der Waals surface area contributed by atoms with Crippen LogP contribution >= 0.6 is 0 Å². The summed E-state index contributed by atoms with van der Waals surface area (Å²) in [6.07, 6.45) is 3.88. The molecule has 0 atom stereocenters. The second kappa shape index (κ2) is 10.1. The van der Waals surface area contributed by atoms with Crippen molar-refractivity contribution in [2.45, 2.75) is 20.0 Å². The molecule has 1 aliphatic rings. The average molecular weight is 455 g/mol. The Hall–Kier alpha value is -4.32. The highest BCUT2D eigenvalue weighted by Crippen LogP contribution is 2.35. The van der Waals surface area contributed by atoms with Crippen LogP contribution in [-0.4, -0.2) is 18.9 Å². The third kappa shape index (κ3) is 4.86. The van der Waals surface area contributed by atoms with Gasteiger partial charge in [-0.05, 0) is 54.8 Å². The van der Waals surface area contributed by atoms with Crippen molar-refractivity contribution in [3.8, 4) is 11.5 Å². The lowest BCUT2D eigenvalue weighted by molar-refractivity contribution is -0.117. The van der Waals surface area contributed by atoms with Gasteiger partial charge in [-0.15, -0.1) is 6.58 Å². The van der Waals surface area contributed by atoms with E-state index in [4.69, 9.17) is 9.47 Å². The second-order valence-electron chi connectivity index (χ2n) is 7.96. The lowest BCUT2D eigenvalue weighted by atomic mass is 10.0. The first-order valence-corrected chi connectivity index (χ1v) is 10.9. The van der Waals surface area contributed by atoms with Gasteiger partial charge in [-0.25, -0.2) is 5.01 Å². The Labute approximate surface area is 199 Å². The van der Waals surface area contributed by atoms with E-state index >= 15 is 0 Å². The summed E-state index contributed by atoms with van der Waals surface area (Å²) in [5.41, 5.74) is 6.96. The van der Waals surface area contributed by atoms with Crippen LogP contribution in [0.4, 0.5) is 5.69 Å². The highest BCUT2D eigenvalue weighted by molar-refractivity contribution is 6.31. The van der Waals surface area contributed by atoms with Gasteiger partial charge in [0.25, 0.3) is 11.8 Å². The average Bonchev–Trinajstić information content (AvgIpc) is 3.12. The molecule has 3 aromatic rings. The molecular weight excluding hydrogens is 428 g/mol. The lowest BCUT2D eigenvalue weighted by Crippen LogP contribution is -2.35. The van der Waals surface area contributed by atoms with Crippen molar-refractivity contribution in [1.82, 2.24) is 5.43 Å². The third-order valence-corrected chi connectivity index (χ3v) is 5.42. The largest absolute Gasteiger partial charge is 0.493 e. The molecule has 3 aromatic carbocycles. The van der Waals surface area contributed by atoms with Gasteiger partial charge in [-0.1, -0.05) is 54.1 Å². The smallest absolute Gasteiger partial charge is 0.282 e.